The lowest BCUT2D eigenvalue weighted by molar-refractivity contribution is 0.337. The van der Waals surface area contributed by atoms with Crippen molar-refractivity contribution in [2.24, 2.45) is 17.6 Å². The molecule has 0 aliphatic rings. The lowest BCUT2D eigenvalue weighted by atomic mass is 9.86. The van der Waals surface area contributed by atoms with Crippen molar-refractivity contribution >= 4 is 27.5 Å². The van der Waals surface area contributed by atoms with Crippen molar-refractivity contribution in [2.45, 2.75) is 26.8 Å². The SMILES string of the molecule is COc1c(Br)cc(Cl)cc1C(N)C(C)C(C)C. The van der Waals surface area contributed by atoms with Crippen LogP contribution in [0.4, 0.5) is 0 Å². The molecule has 0 aromatic heterocycles. The second-order valence-corrected chi connectivity index (χ2v) is 5.93. The van der Waals surface area contributed by atoms with Gasteiger partial charge in [-0.15, -0.1) is 0 Å². The largest absolute Gasteiger partial charge is 0.495 e. The Morgan fingerprint density at radius 1 is 1.29 bits per heavy atom. The summed E-state index contributed by atoms with van der Waals surface area (Å²) in [6, 6.07) is 3.62. The third-order valence-electron chi connectivity index (χ3n) is 3.22. The van der Waals surface area contributed by atoms with Crippen LogP contribution < -0.4 is 10.5 Å². The van der Waals surface area contributed by atoms with E-state index in [4.69, 9.17) is 22.1 Å². The molecule has 0 radical (unpaired) electrons. The van der Waals surface area contributed by atoms with Crippen molar-refractivity contribution in [3.8, 4) is 5.75 Å². The summed E-state index contributed by atoms with van der Waals surface area (Å²) < 4.78 is 6.24. The molecule has 0 saturated heterocycles. The van der Waals surface area contributed by atoms with E-state index >= 15 is 0 Å². The molecule has 2 atom stereocenters. The maximum absolute atomic E-state index is 6.29. The molecule has 1 rings (SSSR count). The number of ether oxygens (including phenoxy) is 1. The first-order valence-electron chi connectivity index (χ1n) is 5.67. The second kappa shape index (κ2) is 6.07. The standard InChI is InChI=1S/C13H19BrClNO/c1-7(2)8(3)12(16)10-5-9(15)6-11(14)13(10)17-4/h5-8,12H,16H2,1-4H3. The minimum Gasteiger partial charge on any atom is -0.495 e. The van der Waals surface area contributed by atoms with Crippen molar-refractivity contribution < 1.29 is 4.74 Å². The lowest BCUT2D eigenvalue weighted by Crippen LogP contribution is -2.23. The Kier molecular flexibility index (Phi) is 5.29. The number of halogens is 2. The molecular formula is C13H19BrClNO. The molecule has 17 heavy (non-hydrogen) atoms. The van der Waals surface area contributed by atoms with E-state index in [0.29, 0.717) is 16.9 Å². The van der Waals surface area contributed by atoms with Crippen molar-refractivity contribution in [3.05, 3.63) is 27.2 Å². The van der Waals surface area contributed by atoms with Gasteiger partial charge in [0.05, 0.1) is 11.6 Å². The fraction of sp³-hybridized carbons (Fsp3) is 0.538. The van der Waals surface area contributed by atoms with Crippen LogP contribution in [0, 0.1) is 11.8 Å². The van der Waals surface area contributed by atoms with Gasteiger partial charge in [-0.1, -0.05) is 32.4 Å². The summed E-state index contributed by atoms with van der Waals surface area (Å²) in [6.45, 7) is 6.47. The summed E-state index contributed by atoms with van der Waals surface area (Å²) in [5.41, 5.74) is 7.25. The quantitative estimate of drug-likeness (QED) is 0.892. The van der Waals surface area contributed by atoms with E-state index in [0.717, 1.165) is 15.8 Å². The molecule has 1 aromatic rings. The van der Waals surface area contributed by atoms with E-state index < -0.39 is 0 Å². The van der Waals surface area contributed by atoms with Crippen LogP contribution in [0.25, 0.3) is 0 Å². The summed E-state index contributed by atoms with van der Waals surface area (Å²) in [7, 11) is 1.64. The molecule has 0 heterocycles. The molecule has 0 saturated carbocycles. The Labute approximate surface area is 117 Å². The molecular weight excluding hydrogens is 302 g/mol. The van der Waals surface area contributed by atoms with Crippen LogP contribution in [0.5, 0.6) is 5.75 Å². The average molecular weight is 321 g/mol. The molecule has 0 fully saturated rings. The van der Waals surface area contributed by atoms with Crippen molar-refractivity contribution in [1.29, 1.82) is 0 Å². The van der Waals surface area contributed by atoms with Gasteiger partial charge in [0.1, 0.15) is 5.75 Å². The molecule has 0 aliphatic carbocycles. The third-order valence-corrected chi connectivity index (χ3v) is 4.03. The van der Waals surface area contributed by atoms with E-state index in [2.05, 4.69) is 36.7 Å². The van der Waals surface area contributed by atoms with Gasteiger partial charge in [-0.3, -0.25) is 0 Å². The van der Waals surface area contributed by atoms with Crippen LogP contribution in [0.1, 0.15) is 32.4 Å². The van der Waals surface area contributed by atoms with Gasteiger partial charge in [0.15, 0.2) is 0 Å². The van der Waals surface area contributed by atoms with Gasteiger partial charge in [0.2, 0.25) is 0 Å². The maximum Gasteiger partial charge on any atom is 0.137 e. The molecule has 4 heteroatoms. The van der Waals surface area contributed by atoms with Gasteiger partial charge in [-0.25, -0.2) is 0 Å². The van der Waals surface area contributed by atoms with Gasteiger partial charge < -0.3 is 10.5 Å². The lowest BCUT2D eigenvalue weighted by Gasteiger charge is -2.25. The molecule has 2 unspecified atom stereocenters. The summed E-state index contributed by atoms with van der Waals surface area (Å²) in [6.07, 6.45) is 0. The Bertz CT molecular complexity index is 395. The summed E-state index contributed by atoms with van der Waals surface area (Å²) >= 11 is 9.51. The van der Waals surface area contributed by atoms with Crippen LogP contribution >= 0.6 is 27.5 Å². The maximum atomic E-state index is 6.29. The van der Waals surface area contributed by atoms with Gasteiger partial charge in [-0.05, 0) is 39.9 Å². The molecule has 2 nitrogen and oxygen atoms in total. The summed E-state index contributed by atoms with van der Waals surface area (Å²) in [4.78, 5) is 0. The van der Waals surface area contributed by atoms with E-state index in [1.807, 2.05) is 12.1 Å². The minimum absolute atomic E-state index is 0.0834. The van der Waals surface area contributed by atoms with Crippen LogP contribution in [0.15, 0.2) is 16.6 Å². The van der Waals surface area contributed by atoms with Gasteiger partial charge >= 0.3 is 0 Å². The molecule has 96 valence electrons. The number of benzene rings is 1. The average Bonchev–Trinajstić information content (AvgIpc) is 2.25. The molecule has 0 bridgehead atoms. The zero-order chi connectivity index (χ0) is 13.2. The highest BCUT2D eigenvalue weighted by molar-refractivity contribution is 9.10. The highest BCUT2D eigenvalue weighted by atomic mass is 79.9. The Hall–Kier alpha value is -0.250. The van der Waals surface area contributed by atoms with Gasteiger partial charge in [0.25, 0.3) is 0 Å². The molecule has 0 amide bonds. The number of hydrogen-bond acceptors (Lipinski definition) is 2. The fourth-order valence-electron chi connectivity index (χ4n) is 1.74. The topological polar surface area (TPSA) is 35.2 Å². The summed E-state index contributed by atoms with van der Waals surface area (Å²) in [5.74, 6) is 1.64. The van der Waals surface area contributed by atoms with E-state index in [1.54, 1.807) is 7.11 Å². The fourth-order valence-corrected chi connectivity index (χ4v) is 2.74. The molecule has 0 aliphatic heterocycles. The normalized spacial score (nSPS) is 14.8. The molecule has 0 spiro atoms. The third kappa shape index (κ3) is 3.36. The second-order valence-electron chi connectivity index (χ2n) is 4.64. The van der Waals surface area contributed by atoms with Crippen LogP contribution in [0.2, 0.25) is 5.02 Å². The monoisotopic (exact) mass is 319 g/mol. The zero-order valence-electron chi connectivity index (χ0n) is 10.6. The Balaban J connectivity index is 3.20. The van der Waals surface area contributed by atoms with Crippen molar-refractivity contribution in [3.63, 3.8) is 0 Å². The van der Waals surface area contributed by atoms with E-state index in [9.17, 15) is 0 Å². The molecule has 1 aromatic carbocycles. The first-order chi connectivity index (χ1) is 7.88. The van der Waals surface area contributed by atoms with Gasteiger partial charge in [-0.2, -0.15) is 0 Å². The van der Waals surface area contributed by atoms with E-state index in [1.165, 1.54) is 0 Å². The highest BCUT2D eigenvalue weighted by Crippen LogP contribution is 2.38. The Morgan fingerprint density at radius 3 is 2.35 bits per heavy atom. The van der Waals surface area contributed by atoms with Gasteiger partial charge in [0, 0.05) is 16.6 Å². The van der Waals surface area contributed by atoms with Crippen LogP contribution in [-0.2, 0) is 0 Å². The smallest absolute Gasteiger partial charge is 0.137 e. The van der Waals surface area contributed by atoms with Crippen LogP contribution in [0.3, 0.4) is 0 Å². The Morgan fingerprint density at radius 2 is 1.88 bits per heavy atom. The molecule has 2 N–H and O–H groups in total. The first kappa shape index (κ1) is 14.8. The zero-order valence-corrected chi connectivity index (χ0v) is 13.0. The van der Waals surface area contributed by atoms with Crippen molar-refractivity contribution in [2.75, 3.05) is 7.11 Å². The predicted molar refractivity (Wildman–Crippen MR) is 76.6 cm³/mol. The van der Waals surface area contributed by atoms with E-state index in [-0.39, 0.29) is 6.04 Å². The van der Waals surface area contributed by atoms with Crippen LogP contribution in [-0.4, -0.2) is 7.11 Å². The predicted octanol–water partition coefficient (Wildman–Crippen LogP) is 4.40. The first-order valence-corrected chi connectivity index (χ1v) is 6.84. The minimum atomic E-state index is -0.0834. The summed E-state index contributed by atoms with van der Waals surface area (Å²) in [5, 5.41) is 0.666. The highest BCUT2D eigenvalue weighted by Gasteiger charge is 2.23. The van der Waals surface area contributed by atoms with Crippen molar-refractivity contribution in [1.82, 2.24) is 0 Å². The number of methoxy groups -OCH3 is 1. The number of rotatable bonds is 4. The number of nitrogens with two attached hydrogens (primary N) is 1. The number of hydrogen-bond donors (Lipinski definition) is 1.